The summed E-state index contributed by atoms with van der Waals surface area (Å²) >= 11 is 0. The first kappa shape index (κ1) is 16.5. The van der Waals surface area contributed by atoms with Crippen molar-refractivity contribution in [2.45, 2.75) is 59.6 Å². The van der Waals surface area contributed by atoms with Gasteiger partial charge in [-0.2, -0.15) is 15.0 Å². The third-order valence-corrected chi connectivity index (χ3v) is 3.29. The van der Waals surface area contributed by atoms with Crippen LogP contribution in [0.25, 0.3) is 0 Å². The van der Waals surface area contributed by atoms with Gasteiger partial charge in [0, 0.05) is 13.1 Å². The van der Waals surface area contributed by atoms with Crippen LogP contribution in [0.4, 0.5) is 11.9 Å². The van der Waals surface area contributed by atoms with E-state index >= 15 is 0 Å². The van der Waals surface area contributed by atoms with E-state index in [0.29, 0.717) is 29.9 Å². The van der Waals surface area contributed by atoms with Gasteiger partial charge in [0.2, 0.25) is 11.9 Å². The lowest BCUT2D eigenvalue weighted by Crippen LogP contribution is -2.26. The Balaban J connectivity index is 2.87. The van der Waals surface area contributed by atoms with Crippen molar-refractivity contribution in [2.75, 3.05) is 17.7 Å². The molecule has 1 rings (SSSR count). The zero-order chi connectivity index (χ0) is 15.1. The molecule has 114 valence electrons. The predicted octanol–water partition coefficient (Wildman–Crippen LogP) is 2.94. The third kappa shape index (κ3) is 4.83. The molecule has 0 saturated carbocycles. The lowest BCUT2D eigenvalue weighted by atomic mass is 9.96. The van der Waals surface area contributed by atoms with Gasteiger partial charge in [0.1, 0.15) is 0 Å². The van der Waals surface area contributed by atoms with Crippen LogP contribution in [0, 0.1) is 5.92 Å². The van der Waals surface area contributed by atoms with Crippen LogP contribution in [-0.2, 0) is 0 Å². The summed E-state index contributed by atoms with van der Waals surface area (Å²) in [4.78, 5) is 12.8. The summed E-state index contributed by atoms with van der Waals surface area (Å²) in [5.74, 6) is 1.66. The van der Waals surface area contributed by atoms with Crippen molar-refractivity contribution in [3.8, 4) is 6.01 Å². The number of hydrogen-bond donors (Lipinski definition) is 2. The fourth-order valence-electron chi connectivity index (χ4n) is 2.11. The number of nitrogens with zero attached hydrogens (tertiary/aromatic N) is 3. The van der Waals surface area contributed by atoms with E-state index in [-0.39, 0.29) is 6.10 Å². The Morgan fingerprint density at radius 3 is 2.10 bits per heavy atom. The minimum absolute atomic E-state index is 0.0337. The molecule has 6 nitrogen and oxygen atoms in total. The number of ether oxygens (including phenoxy) is 1. The van der Waals surface area contributed by atoms with Gasteiger partial charge in [-0.05, 0) is 26.7 Å². The molecular formula is C14H27N5O. The van der Waals surface area contributed by atoms with Crippen LogP contribution in [0.15, 0.2) is 0 Å². The van der Waals surface area contributed by atoms with E-state index < -0.39 is 0 Å². The standard InChI is InChI=1S/C14H27N5O/c1-7-11(8-2)10(5)16-13-17-12(15-6)18-14(19-13)20-9(3)4/h9-11H,7-8H2,1-6H3,(H2,15,16,17,18,19). The van der Waals surface area contributed by atoms with Crippen molar-refractivity contribution in [2.24, 2.45) is 5.92 Å². The van der Waals surface area contributed by atoms with Gasteiger partial charge in [-0.3, -0.25) is 0 Å². The van der Waals surface area contributed by atoms with Crippen LogP contribution in [0.1, 0.15) is 47.5 Å². The first-order valence-electron chi connectivity index (χ1n) is 7.37. The van der Waals surface area contributed by atoms with Gasteiger partial charge < -0.3 is 15.4 Å². The number of anilines is 2. The molecule has 1 aromatic rings. The van der Waals surface area contributed by atoms with Gasteiger partial charge >= 0.3 is 6.01 Å². The maximum absolute atomic E-state index is 5.55. The van der Waals surface area contributed by atoms with Gasteiger partial charge in [0.15, 0.2) is 0 Å². The van der Waals surface area contributed by atoms with Crippen molar-refractivity contribution < 1.29 is 4.74 Å². The van der Waals surface area contributed by atoms with Gasteiger partial charge in [-0.15, -0.1) is 0 Å². The Hall–Kier alpha value is -1.59. The van der Waals surface area contributed by atoms with E-state index in [0.717, 1.165) is 12.8 Å². The highest BCUT2D eigenvalue weighted by Crippen LogP contribution is 2.18. The SMILES string of the molecule is CCC(CC)C(C)Nc1nc(NC)nc(OC(C)C)n1. The number of nitrogens with one attached hydrogen (secondary N) is 2. The molecule has 2 N–H and O–H groups in total. The first-order valence-corrected chi connectivity index (χ1v) is 7.37. The molecule has 1 atom stereocenters. The molecule has 6 heteroatoms. The quantitative estimate of drug-likeness (QED) is 0.763. The second-order valence-electron chi connectivity index (χ2n) is 5.19. The highest BCUT2D eigenvalue weighted by atomic mass is 16.5. The average molecular weight is 281 g/mol. The van der Waals surface area contributed by atoms with Crippen molar-refractivity contribution in [3.05, 3.63) is 0 Å². The summed E-state index contributed by atoms with van der Waals surface area (Å²) < 4.78 is 5.55. The monoisotopic (exact) mass is 281 g/mol. The minimum atomic E-state index is 0.0337. The van der Waals surface area contributed by atoms with E-state index in [2.05, 4.69) is 46.4 Å². The molecule has 0 bridgehead atoms. The van der Waals surface area contributed by atoms with E-state index in [1.807, 2.05) is 13.8 Å². The Morgan fingerprint density at radius 2 is 1.60 bits per heavy atom. The molecule has 1 unspecified atom stereocenters. The summed E-state index contributed by atoms with van der Waals surface area (Å²) in [5.41, 5.74) is 0. The van der Waals surface area contributed by atoms with Crippen LogP contribution in [0.5, 0.6) is 6.01 Å². The largest absolute Gasteiger partial charge is 0.461 e. The molecule has 0 radical (unpaired) electrons. The Bertz CT molecular complexity index is 407. The molecule has 20 heavy (non-hydrogen) atoms. The van der Waals surface area contributed by atoms with Crippen molar-refractivity contribution in [1.82, 2.24) is 15.0 Å². The Morgan fingerprint density at radius 1 is 1.00 bits per heavy atom. The molecule has 0 fully saturated rings. The van der Waals surface area contributed by atoms with Gasteiger partial charge in [-0.25, -0.2) is 0 Å². The van der Waals surface area contributed by atoms with Crippen molar-refractivity contribution >= 4 is 11.9 Å². The summed E-state index contributed by atoms with van der Waals surface area (Å²) in [6.07, 6.45) is 2.29. The van der Waals surface area contributed by atoms with E-state index in [9.17, 15) is 0 Å². The fraction of sp³-hybridized carbons (Fsp3) is 0.786. The lowest BCUT2D eigenvalue weighted by molar-refractivity contribution is 0.222. The molecule has 0 saturated heterocycles. The van der Waals surface area contributed by atoms with Crippen LogP contribution < -0.4 is 15.4 Å². The molecule has 1 heterocycles. The number of aromatic nitrogens is 3. The van der Waals surface area contributed by atoms with E-state index in [1.54, 1.807) is 7.05 Å². The van der Waals surface area contributed by atoms with Gasteiger partial charge in [0.25, 0.3) is 0 Å². The van der Waals surface area contributed by atoms with Gasteiger partial charge in [-0.1, -0.05) is 26.7 Å². The van der Waals surface area contributed by atoms with Crippen molar-refractivity contribution in [3.63, 3.8) is 0 Å². The predicted molar refractivity (Wildman–Crippen MR) is 82.3 cm³/mol. The summed E-state index contributed by atoms with van der Waals surface area (Å²) in [7, 11) is 1.78. The fourth-order valence-corrected chi connectivity index (χ4v) is 2.11. The van der Waals surface area contributed by atoms with Gasteiger partial charge in [0.05, 0.1) is 6.10 Å². The van der Waals surface area contributed by atoms with Crippen LogP contribution in [0.3, 0.4) is 0 Å². The molecule has 0 spiro atoms. The summed E-state index contributed by atoms with van der Waals surface area (Å²) in [5, 5.41) is 6.28. The summed E-state index contributed by atoms with van der Waals surface area (Å²) in [6.45, 7) is 10.5. The first-order chi connectivity index (χ1) is 9.49. The summed E-state index contributed by atoms with van der Waals surface area (Å²) in [6, 6.07) is 0.655. The molecule has 0 aliphatic rings. The van der Waals surface area contributed by atoms with Crippen molar-refractivity contribution in [1.29, 1.82) is 0 Å². The van der Waals surface area contributed by atoms with Crippen LogP contribution >= 0.6 is 0 Å². The normalized spacial score (nSPS) is 12.6. The maximum atomic E-state index is 5.55. The molecule has 0 amide bonds. The minimum Gasteiger partial charge on any atom is -0.461 e. The molecular weight excluding hydrogens is 254 g/mol. The topological polar surface area (TPSA) is 72.0 Å². The zero-order valence-electron chi connectivity index (χ0n) is 13.4. The van der Waals surface area contributed by atoms with E-state index in [4.69, 9.17) is 4.74 Å². The Kier molecular flexibility index (Phi) is 6.48. The number of hydrogen-bond acceptors (Lipinski definition) is 6. The van der Waals surface area contributed by atoms with E-state index in [1.165, 1.54) is 0 Å². The number of rotatable bonds is 8. The third-order valence-electron chi connectivity index (χ3n) is 3.29. The zero-order valence-corrected chi connectivity index (χ0v) is 13.4. The molecule has 0 aromatic carbocycles. The molecule has 1 aromatic heterocycles. The Labute approximate surface area is 121 Å². The molecule has 0 aliphatic carbocycles. The van der Waals surface area contributed by atoms with Crippen LogP contribution in [0.2, 0.25) is 0 Å². The smallest absolute Gasteiger partial charge is 0.323 e. The lowest BCUT2D eigenvalue weighted by Gasteiger charge is -2.22. The maximum Gasteiger partial charge on any atom is 0.323 e. The highest BCUT2D eigenvalue weighted by molar-refractivity contribution is 5.36. The second-order valence-corrected chi connectivity index (χ2v) is 5.19. The highest BCUT2D eigenvalue weighted by Gasteiger charge is 2.16. The molecule has 0 aliphatic heterocycles. The van der Waals surface area contributed by atoms with Crippen LogP contribution in [-0.4, -0.2) is 34.1 Å². The second kappa shape index (κ2) is 7.87. The average Bonchev–Trinajstić information content (AvgIpc) is 2.38.